The fourth-order valence-corrected chi connectivity index (χ4v) is 3.03. The van der Waals surface area contributed by atoms with E-state index in [1.807, 2.05) is 26.0 Å². The standard InChI is InChI=1S/C17H25BN2O/c1-4-17(16(21)19-13(2)3)9-11-20(12-10-17)15-7-5-14(18)6-8-15/h5-8,13H,4,9-12H2,1-3H3,(H,19,21). The Bertz CT molecular complexity index is 476. The number of hydrogen-bond donors (Lipinski definition) is 1. The predicted octanol–water partition coefficient (Wildman–Crippen LogP) is 2.00. The molecule has 1 fully saturated rings. The maximum absolute atomic E-state index is 12.5. The van der Waals surface area contributed by atoms with Crippen LogP contribution in [0.5, 0.6) is 0 Å². The minimum atomic E-state index is -0.200. The lowest BCUT2D eigenvalue weighted by Gasteiger charge is -2.41. The van der Waals surface area contributed by atoms with Crippen LogP contribution >= 0.6 is 0 Å². The monoisotopic (exact) mass is 284 g/mol. The average Bonchev–Trinajstić information content (AvgIpc) is 2.47. The lowest BCUT2D eigenvalue weighted by Crippen LogP contribution is -2.50. The number of amides is 1. The molecule has 3 nitrogen and oxygen atoms in total. The molecular formula is C17H25BN2O. The van der Waals surface area contributed by atoms with Crippen LogP contribution in [-0.4, -0.2) is 32.9 Å². The van der Waals surface area contributed by atoms with Crippen LogP contribution in [0.4, 0.5) is 5.69 Å². The molecule has 0 aromatic heterocycles. The Labute approximate surface area is 129 Å². The van der Waals surface area contributed by atoms with E-state index in [1.54, 1.807) is 0 Å². The smallest absolute Gasteiger partial charge is 0.226 e. The van der Waals surface area contributed by atoms with E-state index in [0.717, 1.165) is 37.8 Å². The fraction of sp³-hybridized carbons (Fsp3) is 0.588. The van der Waals surface area contributed by atoms with Gasteiger partial charge in [-0.2, -0.15) is 0 Å². The van der Waals surface area contributed by atoms with E-state index in [9.17, 15) is 4.79 Å². The molecule has 1 aromatic rings. The molecule has 1 aliphatic heterocycles. The van der Waals surface area contributed by atoms with Crippen molar-refractivity contribution < 1.29 is 4.79 Å². The quantitative estimate of drug-likeness (QED) is 0.858. The number of anilines is 1. The first kappa shape index (κ1) is 15.9. The third-order valence-electron chi connectivity index (χ3n) is 4.56. The van der Waals surface area contributed by atoms with Crippen molar-refractivity contribution in [3.8, 4) is 0 Å². The zero-order valence-corrected chi connectivity index (χ0v) is 13.4. The molecule has 0 saturated carbocycles. The Kier molecular flexibility index (Phi) is 4.97. The molecule has 112 valence electrons. The average molecular weight is 284 g/mol. The zero-order chi connectivity index (χ0) is 15.5. The predicted molar refractivity (Wildman–Crippen MR) is 89.3 cm³/mol. The summed E-state index contributed by atoms with van der Waals surface area (Å²) in [5, 5.41) is 3.09. The molecule has 21 heavy (non-hydrogen) atoms. The summed E-state index contributed by atoms with van der Waals surface area (Å²) in [6, 6.07) is 8.19. The highest BCUT2D eigenvalue weighted by molar-refractivity contribution is 6.32. The number of rotatable bonds is 4. The molecule has 4 heteroatoms. The summed E-state index contributed by atoms with van der Waals surface area (Å²) in [5.41, 5.74) is 1.78. The van der Waals surface area contributed by atoms with Crippen LogP contribution in [-0.2, 0) is 4.79 Å². The third-order valence-corrected chi connectivity index (χ3v) is 4.56. The van der Waals surface area contributed by atoms with Crippen LogP contribution in [0.3, 0.4) is 0 Å². The zero-order valence-electron chi connectivity index (χ0n) is 13.4. The Morgan fingerprint density at radius 2 is 1.86 bits per heavy atom. The second-order valence-corrected chi connectivity index (χ2v) is 6.34. The van der Waals surface area contributed by atoms with Gasteiger partial charge < -0.3 is 10.2 Å². The second kappa shape index (κ2) is 6.55. The van der Waals surface area contributed by atoms with Crippen LogP contribution in [0.1, 0.15) is 40.0 Å². The molecule has 1 saturated heterocycles. The number of nitrogens with zero attached hydrogens (tertiary/aromatic N) is 1. The molecular weight excluding hydrogens is 259 g/mol. The first-order valence-corrected chi connectivity index (χ1v) is 7.88. The summed E-state index contributed by atoms with van der Waals surface area (Å²) >= 11 is 0. The second-order valence-electron chi connectivity index (χ2n) is 6.34. The van der Waals surface area contributed by atoms with Gasteiger partial charge in [-0.3, -0.25) is 4.79 Å². The molecule has 1 aliphatic rings. The van der Waals surface area contributed by atoms with Crippen LogP contribution in [0.15, 0.2) is 24.3 Å². The number of carbonyl (C=O) groups is 1. The first-order chi connectivity index (χ1) is 9.97. The van der Waals surface area contributed by atoms with Gasteiger partial charge in [0.15, 0.2) is 0 Å². The SMILES string of the molecule is [B]c1ccc(N2CCC(CC)(C(=O)NC(C)C)CC2)cc1. The van der Waals surface area contributed by atoms with E-state index in [0.29, 0.717) is 0 Å². The van der Waals surface area contributed by atoms with Gasteiger partial charge in [0.2, 0.25) is 5.91 Å². The van der Waals surface area contributed by atoms with E-state index in [1.165, 1.54) is 5.69 Å². The van der Waals surface area contributed by atoms with Gasteiger partial charge in [0.25, 0.3) is 0 Å². The normalized spacial score (nSPS) is 17.8. The number of piperidine rings is 1. The molecule has 0 aliphatic carbocycles. The van der Waals surface area contributed by atoms with Crippen LogP contribution in [0.2, 0.25) is 0 Å². The van der Waals surface area contributed by atoms with E-state index < -0.39 is 0 Å². The van der Waals surface area contributed by atoms with E-state index in [4.69, 9.17) is 7.85 Å². The topological polar surface area (TPSA) is 32.3 Å². The molecule has 1 N–H and O–H groups in total. The number of carbonyl (C=O) groups excluding carboxylic acids is 1. The number of benzene rings is 1. The van der Waals surface area contributed by atoms with Gasteiger partial charge in [0, 0.05) is 24.8 Å². The van der Waals surface area contributed by atoms with Crippen molar-refractivity contribution in [1.82, 2.24) is 5.32 Å². The highest BCUT2D eigenvalue weighted by Gasteiger charge is 2.39. The van der Waals surface area contributed by atoms with Crippen LogP contribution in [0.25, 0.3) is 0 Å². The van der Waals surface area contributed by atoms with Gasteiger partial charge in [-0.1, -0.05) is 24.5 Å². The Balaban J connectivity index is 2.03. The molecule has 2 radical (unpaired) electrons. The highest BCUT2D eigenvalue weighted by Crippen LogP contribution is 2.36. The van der Waals surface area contributed by atoms with Gasteiger partial charge in [0.1, 0.15) is 7.85 Å². The van der Waals surface area contributed by atoms with Gasteiger partial charge in [-0.05, 0) is 45.2 Å². The number of hydrogen-bond acceptors (Lipinski definition) is 2. The third kappa shape index (κ3) is 3.61. The number of nitrogens with one attached hydrogen (secondary N) is 1. The molecule has 1 aromatic carbocycles. The van der Waals surface area contributed by atoms with Crippen molar-refractivity contribution >= 4 is 24.9 Å². The lowest BCUT2D eigenvalue weighted by atomic mass is 9.75. The van der Waals surface area contributed by atoms with Crippen molar-refractivity contribution in [3.05, 3.63) is 24.3 Å². The summed E-state index contributed by atoms with van der Waals surface area (Å²) < 4.78 is 0. The van der Waals surface area contributed by atoms with Gasteiger partial charge in [0.05, 0.1) is 5.41 Å². The minimum absolute atomic E-state index is 0.200. The molecule has 1 heterocycles. The van der Waals surface area contributed by atoms with Crippen molar-refractivity contribution in [3.63, 3.8) is 0 Å². The van der Waals surface area contributed by atoms with Crippen LogP contribution in [0, 0.1) is 5.41 Å². The molecule has 0 atom stereocenters. The van der Waals surface area contributed by atoms with Gasteiger partial charge in [-0.15, -0.1) is 0 Å². The fourth-order valence-electron chi connectivity index (χ4n) is 3.03. The Morgan fingerprint density at radius 3 is 2.33 bits per heavy atom. The van der Waals surface area contributed by atoms with Crippen molar-refractivity contribution in [2.75, 3.05) is 18.0 Å². The van der Waals surface area contributed by atoms with Crippen LogP contribution < -0.4 is 15.7 Å². The molecule has 0 unspecified atom stereocenters. The Morgan fingerprint density at radius 1 is 1.29 bits per heavy atom. The summed E-state index contributed by atoms with van der Waals surface area (Å²) in [6.07, 6.45) is 2.72. The molecule has 0 bridgehead atoms. The van der Waals surface area contributed by atoms with Crippen molar-refractivity contribution in [2.45, 2.75) is 46.1 Å². The summed E-state index contributed by atoms with van der Waals surface area (Å²) in [7, 11) is 5.74. The van der Waals surface area contributed by atoms with Crippen molar-refractivity contribution in [1.29, 1.82) is 0 Å². The van der Waals surface area contributed by atoms with Gasteiger partial charge in [-0.25, -0.2) is 0 Å². The van der Waals surface area contributed by atoms with Crippen molar-refractivity contribution in [2.24, 2.45) is 5.41 Å². The molecule has 0 spiro atoms. The molecule has 1 amide bonds. The van der Waals surface area contributed by atoms with Gasteiger partial charge >= 0.3 is 0 Å². The molecule has 2 rings (SSSR count). The lowest BCUT2D eigenvalue weighted by molar-refractivity contribution is -0.133. The van der Waals surface area contributed by atoms with E-state index >= 15 is 0 Å². The summed E-state index contributed by atoms with van der Waals surface area (Å²) in [4.78, 5) is 14.8. The Hall–Kier alpha value is -1.45. The maximum Gasteiger partial charge on any atom is 0.226 e. The largest absolute Gasteiger partial charge is 0.371 e. The highest BCUT2D eigenvalue weighted by atomic mass is 16.2. The van der Waals surface area contributed by atoms with E-state index in [-0.39, 0.29) is 17.4 Å². The minimum Gasteiger partial charge on any atom is -0.371 e. The summed E-state index contributed by atoms with van der Waals surface area (Å²) in [6.45, 7) is 8.00. The van der Waals surface area contributed by atoms with E-state index in [2.05, 4.69) is 29.3 Å². The first-order valence-electron chi connectivity index (χ1n) is 7.88. The summed E-state index contributed by atoms with van der Waals surface area (Å²) in [5.74, 6) is 0.219. The maximum atomic E-state index is 12.5.